The lowest BCUT2D eigenvalue weighted by Gasteiger charge is -2.41. The van der Waals surface area contributed by atoms with E-state index in [-0.39, 0.29) is 30.0 Å². The molecule has 1 aliphatic heterocycles. The summed E-state index contributed by atoms with van der Waals surface area (Å²) in [5.74, 6) is -1.33. The van der Waals surface area contributed by atoms with Crippen LogP contribution in [0.5, 0.6) is 0 Å². The van der Waals surface area contributed by atoms with Gasteiger partial charge >= 0.3 is 12.1 Å². The Kier molecular flexibility index (Phi) is 7.12. The van der Waals surface area contributed by atoms with Gasteiger partial charge in [-0.25, -0.2) is 9.59 Å². The SMILES string of the molecule is CC(C)(C)CC(NC(=O)OCC1c2ccccc2-c2ccccc21)C(=O)N1CC(OCC(=O)O)C1. The number of carboxylic acids is 1. The molecule has 1 aliphatic carbocycles. The van der Waals surface area contributed by atoms with Crippen molar-refractivity contribution in [3.05, 3.63) is 59.7 Å². The molecule has 186 valence electrons. The molecule has 0 bridgehead atoms. The van der Waals surface area contributed by atoms with E-state index in [9.17, 15) is 14.4 Å². The van der Waals surface area contributed by atoms with Crippen LogP contribution in [0.3, 0.4) is 0 Å². The van der Waals surface area contributed by atoms with Crippen molar-refractivity contribution in [2.45, 2.75) is 45.3 Å². The molecule has 4 rings (SSSR count). The highest BCUT2D eigenvalue weighted by molar-refractivity contribution is 5.86. The number of alkyl carbamates (subject to hydrolysis) is 1. The van der Waals surface area contributed by atoms with Gasteiger partial charge in [-0.15, -0.1) is 0 Å². The lowest BCUT2D eigenvalue weighted by Crippen LogP contribution is -2.60. The zero-order valence-electron chi connectivity index (χ0n) is 20.3. The standard InChI is InChI=1S/C27H32N2O6/c1-27(2,3)12-23(25(32)29-13-17(14-29)34-16-24(30)31)28-26(33)35-15-22-20-10-6-4-8-18(20)19-9-5-7-11-21(19)22/h4-11,17,22-23H,12-16H2,1-3H3,(H,28,33)(H,30,31). The molecule has 1 unspecified atom stereocenters. The van der Waals surface area contributed by atoms with Crippen molar-refractivity contribution < 1.29 is 29.0 Å². The summed E-state index contributed by atoms with van der Waals surface area (Å²) in [6.45, 7) is 6.39. The summed E-state index contributed by atoms with van der Waals surface area (Å²) in [5, 5.41) is 11.5. The van der Waals surface area contributed by atoms with Crippen molar-refractivity contribution in [3.63, 3.8) is 0 Å². The second kappa shape index (κ2) is 10.1. The minimum absolute atomic E-state index is 0.0626. The first-order chi connectivity index (χ1) is 16.6. The molecule has 1 heterocycles. The molecule has 2 aromatic carbocycles. The highest BCUT2D eigenvalue weighted by atomic mass is 16.5. The number of carbonyl (C=O) groups excluding carboxylic acids is 2. The van der Waals surface area contributed by atoms with E-state index >= 15 is 0 Å². The average Bonchev–Trinajstić information content (AvgIpc) is 3.08. The molecule has 1 fully saturated rings. The van der Waals surface area contributed by atoms with Gasteiger partial charge in [-0.05, 0) is 34.1 Å². The van der Waals surface area contributed by atoms with E-state index in [4.69, 9.17) is 14.6 Å². The number of hydrogen-bond acceptors (Lipinski definition) is 5. The van der Waals surface area contributed by atoms with Gasteiger partial charge in [0.25, 0.3) is 0 Å². The maximum atomic E-state index is 13.1. The molecule has 0 spiro atoms. The van der Waals surface area contributed by atoms with E-state index in [1.165, 1.54) is 0 Å². The zero-order valence-corrected chi connectivity index (χ0v) is 20.3. The number of benzene rings is 2. The maximum Gasteiger partial charge on any atom is 0.407 e. The minimum Gasteiger partial charge on any atom is -0.480 e. The van der Waals surface area contributed by atoms with Crippen molar-refractivity contribution in [2.24, 2.45) is 5.41 Å². The van der Waals surface area contributed by atoms with Gasteiger partial charge in [0.2, 0.25) is 5.91 Å². The molecule has 35 heavy (non-hydrogen) atoms. The Morgan fingerprint density at radius 1 is 1.03 bits per heavy atom. The number of amides is 2. The fourth-order valence-corrected chi connectivity index (χ4v) is 4.73. The summed E-state index contributed by atoms with van der Waals surface area (Å²) in [5.41, 5.74) is 4.33. The van der Waals surface area contributed by atoms with Crippen LogP contribution in [0.15, 0.2) is 48.5 Å². The average molecular weight is 481 g/mol. The number of nitrogens with zero attached hydrogens (tertiary/aromatic N) is 1. The zero-order chi connectivity index (χ0) is 25.2. The van der Waals surface area contributed by atoms with Crippen LogP contribution in [0.1, 0.15) is 44.2 Å². The van der Waals surface area contributed by atoms with E-state index in [2.05, 4.69) is 29.6 Å². The van der Waals surface area contributed by atoms with Gasteiger partial charge in [0.1, 0.15) is 19.3 Å². The van der Waals surface area contributed by atoms with E-state index in [1.807, 2.05) is 45.0 Å². The Morgan fingerprint density at radius 2 is 1.60 bits per heavy atom. The third-order valence-electron chi connectivity index (χ3n) is 6.35. The summed E-state index contributed by atoms with van der Waals surface area (Å²) >= 11 is 0. The van der Waals surface area contributed by atoms with E-state index in [0.717, 1.165) is 22.3 Å². The number of aliphatic carboxylic acids is 1. The third kappa shape index (κ3) is 5.82. The van der Waals surface area contributed by atoms with Crippen LogP contribution in [0, 0.1) is 5.41 Å². The van der Waals surface area contributed by atoms with Crippen LogP contribution in [0.25, 0.3) is 11.1 Å². The Morgan fingerprint density at radius 3 is 2.14 bits per heavy atom. The number of nitrogens with one attached hydrogen (secondary N) is 1. The van der Waals surface area contributed by atoms with Crippen molar-refractivity contribution in [2.75, 3.05) is 26.3 Å². The van der Waals surface area contributed by atoms with Gasteiger partial charge in [-0.1, -0.05) is 69.3 Å². The van der Waals surface area contributed by atoms with Gasteiger partial charge in [0.15, 0.2) is 0 Å². The quantitative estimate of drug-likeness (QED) is 0.598. The first-order valence-electron chi connectivity index (χ1n) is 11.9. The Balaban J connectivity index is 1.37. The van der Waals surface area contributed by atoms with Gasteiger partial charge < -0.3 is 24.8 Å². The predicted octanol–water partition coefficient (Wildman–Crippen LogP) is 3.64. The van der Waals surface area contributed by atoms with Gasteiger partial charge in [-0.2, -0.15) is 0 Å². The number of rotatable bonds is 8. The van der Waals surface area contributed by atoms with Gasteiger partial charge in [0, 0.05) is 19.0 Å². The van der Waals surface area contributed by atoms with E-state index < -0.39 is 24.7 Å². The van der Waals surface area contributed by atoms with Gasteiger partial charge in [-0.3, -0.25) is 4.79 Å². The summed E-state index contributed by atoms with van der Waals surface area (Å²) in [6, 6.07) is 15.5. The van der Waals surface area contributed by atoms with Crippen LogP contribution in [0.4, 0.5) is 4.79 Å². The maximum absolute atomic E-state index is 13.1. The number of ether oxygens (including phenoxy) is 2. The van der Waals surface area contributed by atoms with Gasteiger partial charge in [0.05, 0.1) is 6.10 Å². The van der Waals surface area contributed by atoms with E-state index in [0.29, 0.717) is 19.5 Å². The molecule has 1 atom stereocenters. The van der Waals surface area contributed by atoms with Crippen molar-refractivity contribution in [1.29, 1.82) is 0 Å². The molecule has 0 radical (unpaired) electrons. The first-order valence-corrected chi connectivity index (χ1v) is 11.9. The van der Waals surface area contributed by atoms with Crippen molar-refractivity contribution in [3.8, 4) is 11.1 Å². The molecule has 2 aliphatic rings. The molecule has 2 N–H and O–H groups in total. The fraction of sp³-hybridized carbons (Fsp3) is 0.444. The number of carboxylic acid groups (broad SMARTS) is 1. The molecule has 2 amide bonds. The fourth-order valence-electron chi connectivity index (χ4n) is 4.73. The predicted molar refractivity (Wildman–Crippen MR) is 130 cm³/mol. The normalized spacial score (nSPS) is 16.1. The molecule has 0 aromatic heterocycles. The number of fused-ring (bicyclic) bond motifs is 3. The van der Waals surface area contributed by atoms with Crippen molar-refractivity contribution in [1.82, 2.24) is 10.2 Å². The summed E-state index contributed by atoms with van der Waals surface area (Å²) < 4.78 is 10.9. The lowest BCUT2D eigenvalue weighted by atomic mass is 9.87. The number of hydrogen-bond donors (Lipinski definition) is 2. The molecule has 0 saturated carbocycles. The Hall–Kier alpha value is -3.39. The molecule has 1 saturated heterocycles. The molecule has 8 heteroatoms. The van der Waals surface area contributed by atoms with E-state index in [1.54, 1.807) is 4.90 Å². The van der Waals surface area contributed by atoms with Crippen LogP contribution < -0.4 is 5.32 Å². The van der Waals surface area contributed by atoms with Crippen LogP contribution in [-0.4, -0.2) is 66.4 Å². The summed E-state index contributed by atoms with van der Waals surface area (Å²) in [6.07, 6.45) is -0.499. The lowest BCUT2D eigenvalue weighted by molar-refractivity contribution is -0.155. The first kappa shape index (κ1) is 24.7. The smallest absolute Gasteiger partial charge is 0.407 e. The minimum atomic E-state index is -1.04. The Bertz CT molecular complexity index is 1060. The topological polar surface area (TPSA) is 105 Å². The third-order valence-corrected chi connectivity index (χ3v) is 6.35. The molecular formula is C27H32N2O6. The summed E-state index contributed by atoms with van der Waals surface area (Å²) in [7, 11) is 0. The molecular weight excluding hydrogens is 448 g/mol. The monoisotopic (exact) mass is 480 g/mol. The highest BCUT2D eigenvalue weighted by Gasteiger charge is 2.38. The second-order valence-corrected chi connectivity index (χ2v) is 10.4. The summed E-state index contributed by atoms with van der Waals surface area (Å²) in [4.78, 5) is 38.1. The number of carbonyl (C=O) groups is 3. The largest absolute Gasteiger partial charge is 0.480 e. The van der Waals surface area contributed by atoms with Crippen LogP contribution >= 0.6 is 0 Å². The highest BCUT2D eigenvalue weighted by Crippen LogP contribution is 2.44. The molecule has 2 aromatic rings. The van der Waals surface area contributed by atoms with Crippen molar-refractivity contribution >= 4 is 18.0 Å². The molecule has 8 nitrogen and oxygen atoms in total. The number of likely N-dealkylation sites (tertiary alicyclic amines) is 1. The van der Waals surface area contributed by atoms with Crippen LogP contribution in [0.2, 0.25) is 0 Å². The van der Waals surface area contributed by atoms with Crippen LogP contribution in [-0.2, 0) is 19.1 Å². The Labute approximate surface area is 205 Å². The second-order valence-electron chi connectivity index (χ2n) is 10.4.